The molecule has 6 nitrogen and oxygen atoms in total. The van der Waals surface area contributed by atoms with Gasteiger partial charge in [0.15, 0.2) is 0 Å². The van der Waals surface area contributed by atoms with Crippen molar-refractivity contribution in [3.8, 4) is 6.07 Å². The van der Waals surface area contributed by atoms with Crippen molar-refractivity contribution in [2.45, 2.75) is 32.4 Å². The molecule has 1 atom stereocenters. The van der Waals surface area contributed by atoms with Gasteiger partial charge in [0, 0.05) is 51.3 Å². The molecule has 0 aromatic heterocycles. The van der Waals surface area contributed by atoms with Crippen molar-refractivity contribution in [2.75, 3.05) is 58.0 Å². The Bertz CT molecular complexity index is 845. The van der Waals surface area contributed by atoms with Crippen LogP contribution >= 0.6 is 0 Å². The number of nitriles is 1. The summed E-state index contributed by atoms with van der Waals surface area (Å²) in [6, 6.07) is 5.53. The van der Waals surface area contributed by atoms with Gasteiger partial charge in [0.25, 0.3) is 0 Å². The molecule has 2 saturated heterocycles. The summed E-state index contributed by atoms with van der Waals surface area (Å²) in [7, 11) is 1.62. The van der Waals surface area contributed by atoms with Crippen LogP contribution in [0.25, 0.3) is 0 Å². The maximum atomic E-state index is 13.4. The zero-order valence-corrected chi connectivity index (χ0v) is 18.6. The smallest absolute Gasteiger partial charge is 0.382 e. The van der Waals surface area contributed by atoms with Crippen LogP contribution in [0, 0.1) is 22.7 Å². The van der Waals surface area contributed by atoms with Crippen LogP contribution in [0.2, 0.25) is 0 Å². The summed E-state index contributed by atoms with van der Waals surface area (Å²) < 4.78 is 51.0. The SMILES string of the molecule is CCC(=O)N1CC(COCCOC)C2(CCN(c3ccc(C#N)c(C(F)(F)F)c3)CC2)C1. The van der Waals surface area contributed by atoms with Crippen LogP contribution in [0.4, 0.5) is 18.9 Å². The number of methoxy groups -OCH3 is 1. The first-order chi connectivity index (χ1) is 15.2. The lowest BCUT2D eigenvalue weighted by molar-refractivity contribution is -0.137. The molecular formula is C23H30F3N3O3. The van der Waals surface area contributed by atoms with E-state index in [2.05, 4.69) is 0 Å². The Labute approximate surface area is 186 Å². The average molecular weight is 454 g/mol. The Morgan fingerprint density at radius 2 is 2.00 bits per heavy atom. The summed E-state index contributed by atoms with van der Waals surface area (Å²) in [4.78, 5) is 16.2. The molecule has 2 fully saturated rings. The summed E-state index contributed by atoms with van der Waals surface area (Å²) >= 11 is 0. The number of amides is 1. The van der Waals surface area contributed by atoms with Gasteiger partial charge >= 0.3 is 6.18 Å². The normalized spacial score (nSPS) is 20.6. The average Bonchev–Trinajstić information content (AvgIpc) is 3.13. The second-order valence-electron chi connectivity index (χ2n) is 8.58. The highest BCUT2D eigenvalue weighted by molar-refractivity contribution is 5.76. The molecule has 1 spiro atoms. The van der Waals surface area contributed by atoms with Crippen molar-refractivity contribution < 1.29 is 27.4 Å². The monoisotopic (exact) mass is 453 g/mol. The first-order valence-electron chi connectivity index (χ1n) is 10.9. The van der Waals surface area contributed by atoms with Crippen molar-refractivity contribution in [3.05, 3.63) is 29.3 Å². The van der Waals surface area contributed by atoms with Crippen LogP contribution in [0.1, 0.15) is 37.3 Å². The Morgan fingerprint density at radius 1 is 1.28 bits per heavy atom. The van der Waals surface area contributed by atoms with Gasteiger partial charge in [-0.3, -0.25) is 4.79 Å². The van der Waals surface area contributed by atoms with E-state index in [1.807, 2.05) is 16.7 Å². The molecule has 2 aliphatic rings. The van der Waals surface area contributed by atoms with E-state index in [-0.39, 0.29) is 22.8 Å². The van der Waals surface area contributed by atoms with Crippen molar-refractivity contribution >= 4 is 11.6 Å². The quantitative estimate of drug-likeness (QED) is 0.589. The van der Waals surface area contributed by atoms with Crippen LogP contribution in [-0.2, 0) is 20.4 Å². The lowest BCUT2D eigenvalue weighted by Gasteiger charge is -2.43. The van der Waals surface area contributed by atoms with Crippen molar-refractivity contribution in [2.24, 2.45) is 11.3 Å². The number of anilines is 1. The largest absolute Gasteiger partial charge is 0.417 e. The first kappa shape index (κ1) is 24.3. The fraction of sp³-hybridized carbons (Fsp3) is 0.652. The molecule has 0 aliphatic carbocycles. The molecular weight excluding hydrogens is 423 g/mol. The topological polar surface area (TPSA) is 65.8 Å². The lowest BCUT2D eigenvalue weighted by Crippen LogP contribution is -2.45. The molecule has 1 aromatic rings. The minimum Gasteiger partial charge on any atom is -0.382 e. The van der Waals surface area contributed by atoms with Crippen LogP contribution in [0.5, 0.6) is 0 Å². The number of alkyl halides is 3. The minimum atomic E-state index is -4.57. The van der Waals surface area contributed by atoms with Gasteiger partial charge in [0.05, 0.1) is 37.0 Å². The van der Waals surface area contributed by atoms with E-state index in [9.17, 15) is 18.0 Å². The molecule has 32 heavy (non-hydrogen) atoms. The number of piperidine rings is 1. The van der Waals surface area contributed by atoms with E-state index >= 15 is 0 Å². The summed E-state index contributed by atoms with van der Waals surface area (Å²) in [6.07, 6.45) is -2.60. The summed E-state index contributed by atoms with van der Waals surface area (Å²) in [5.74, 6) is 0.303. The van der Waals surface area contributed by atoms with Gasteiger partial charge < -0.3 is 19.3 Å². The molecule has 9 heteroatoms. The Morgan fingerprint density at radius 3 is 2.59 bits per heavy atom. The van der Waals surface area contributed by atoms with Gasteiger partial charge in [-0.1, -0.05) is 6.92 Å². The van der Waals surface area contributed by atoms with Crippen LogP contribution in [-0.4, -0.2) is 63.9 Å². The fourth-order valence-electron chi connectivity index (χ4n) is 4.88. The van der Waals surface area contributed by atoms with E-state index in [1.54, 1.807) is 19.2 Å². The molecule has 1 aromatic carbocycles. The molecule has 176 valence electrons. The first-order valence-corrected chi connectivity index (χ1v) is 10.9. The number of carbonyl (C=O) groups is 1. The van der Waals surface area contributed by atoms with Crippen molar-refractivity contribution in [1.82, 2.24) is 4.90 Å². The van der Waals surface area contributed by atoms with E-state index in [0.29, 0.717) is 58.1 Å². The van der Waals surface area contributed by atoms with Gasteiger partial charge in [-0.25, -0.2) is 0 Å². The molecule has 2 heterocycles. The highest BCUT2D eigenvalue weighted by Crippen LogP contribution is 2.46. The molecule has 3 rings (SSSR count). The van der Waals surface area contributed by atoms with E-state index in [4.69, 9.17) is 14.7 Å². The highest BCUT2D eigenvalue weighted by atomic mass is 19.4. The van der Waals surface area contributed by atoms with Gasteiger partial charge in [0.2, 0.25) is 5.91 Å². The Balaban J connectivity index is 1.74. The second-order valence-corrected chi connectivity index (χ2v) is 8.58. The molecule has 2 aliphatic heterocycles. The number of benzene rings is 1. The zero-order valence-electron chi connectivity index (χ0n) is 18.6. The van der Waals surface area contributed by atoms with E-state index < -0.39 is 11.7 Å². The third-order valence-corrected chi connectivity index (χ3v) is 6.77. The van der Waals surface area contributed by atoms with Gasteiger partial charge in [-0.05, 0) is 36.5 Å². The Kier molecular flexibility index (Phi) is 7.67. The lowest BCUT2D eigenvalue weighted by atomic mass is 9.71. The van der Waals surface area contributed by atoms with Gasteiger partial charge in [-0.15, -0.1) is 0 Å². The van der Waals surface area contributed by atoms with Crippen LogP contribution in [0.3, 0.4) is 0 Å². The number of carbonyl (C=O) groups excluding carboxylic acids is 1. The van der Waals surface area contributed by atoms with Crippen molar-refractivity contribution in [1.29, 1.82) is 5.26 Å². The maximum Gasteiger partial charge on any atom is 0.417 e. The maximum absolute atomic E-state index is 13.4. The highest BCUT2D eigenvalue weighted by Gasteiger charge is 2.49. The minimum absolute atomic E-state index is 0.103. The van der Waals surface area contributed by atoms with Crippen LogP contribution in [0.15, 0.2) is 18.2 Å². The summed E-state index contributed by atoms with van der Waals surface area (Å²) in [6.45, 7) is 5.86. The Hall–Kier alpha value is -2.31. The molecule has 1 unspecified atom stereocenters. The van der Waals surface area contributed by atoms with E-state index in [1.165, 1.54) is 6.07 Å². The number of hydrogen-bond donors (Lipinski definition) is 0. The van der Waals surface area contributed by atoms with E-state index in [0.717, 1.165) is 18.9 Å². The van der Waals surface area contributed by atoms with Gasteiger partial charge in [-0.2, -0.15) is 18.4 Å². The molecule has 0 N–H and O–H groups in total. The van der Waals surface area contributed by atoms with Gasteiger partial charge in [0.1, 0.15) is 0 Å². The number of rotatable bonds is 7. The number of likely N-dealkylation sites (tertiary alicyclic amines) is 1. The zero-order chi connectivity index (χ0) is 23.4. The number of nitrogens with zero attached hydrogens (tertiary/aromatic N) is 3. The summed E-state index contributed by atoms with van der Waals surface area (Å²) in [5, 5.41) is 9.03. The van der Waals surface area contributed by atoms with Crippen LogP contribution < -0.4 is 4.90 Å². The number of halogens is 3. The number of hydrogen-bond acceptors (Lipinski definition) is 5. The third-order valence-electron chi connectivity index (χ3n) is 6.77. The predicted molar refractivity (Wildman–Crippen MR) is 113 cm³/mol. The molecule has 0 bridgehead atoms. The predicted octanol–water partition coefficient (Wildman–Crippen LogP) is 3.70. The standard InChI is InChI=1S/C23H30F3N3O3/c1-3-21(30)29-14-18(15-32-11-10-31-2)22(16-29)6-8-28(9-7-22)19-5-4-17(13-27)20(12-19)23(24,25)26/h4-5,12,18H,3,6-11,14-16H2,1-2H3. The third kappa shape index (κ3) is 5.18. The molecule has 0 saturated carbocycles. The molecule has 1 amide bonds. The second kappa shape index (κ2) is 10.1. The number of ether oxygens (including phenoxy) is 2. The molecule has 0 radical (unpaired) electrons. The summed E-state index contributed by atoms with van der Waals surface area (Å²) in [5.41, 5.74) is -0.901. The van der Waals surface area contributed by atoms with Crippen molar-refractivity contribution in [3.63, 3.8) is 0 Å². The fourth-order valence-corrected chi connectivity index (χ4v) is 4.88.